The molecule has 0 bridgehead atoms. The van der Waals surface area contributed by atoms with Gasteiger partial charge in [0, 0.05) is 24.0 Å². The highest BCUT2D eigenvalue weighted by Crippen LogP contribution is 2.31. The number of amides is 1. The first kappa shape index (κ1) is 17.5. The quantitative estimate of drug-likeness (QED) is 0.701. The summed E-state index contributed by atoms with van der Waals surface area (Å²) in [6.07, 6.45) is 0. The van der Waals surface area contributed by atoms with E-state index in [4.69, 9.17) is 0 Å². The fourth-order valence-electron chi connectivity index (χ4n) is 3.73. The number of H-pyrrole nitrogens is 1. The summed E-state index contributed by atoms with van der Waals surface area (Å²) in [6.45, 7) is 5.16. The molecule has 2 N–H and O–H groups in total. The van der Waals surface area contributed by atoms with Gasteiger partial charge < -0.3 is 10.3 Å². The molecule has 27 heavy (non-hydrogen) atoms. The van der Waals surface area contributed by atoms with Gasteiger partial charge in [-0.25, -0.2) is 0 Å². The first-order valence-electron chi connectivity index (χ1n) is 9.21. The molecule has 3 aromatic rings. The Balaban J connectivity index is 1.76. The number of fused-ring (bicyclic) bond motifs is 1. The van der Waals surface area contributed by atoms with E-state index < -0.39 is 5.54 Å². The molecule has 5 heteroatoms. The first-order chi connectivity index (χ1) is 13.0. The highest BCUT2D eigenvalue weighted by molar-refractivity contribution is 6.14. The van der Waals surface area contributed by atoms with E-state index in [1.54, 1.807) is 0 Å². The summed E-state index contributed by atoms with van der Waals surface area (Å²) < 4.78 is 0. The van der Waals surface area contributed by atoms with Crippen LogP contribution in [0.15, 0.2) is 54.6 Å². The fourth-order valence-corrected chi connectivity index (χ4v) is 3.73. The summed E-state index contributed by atoms with van der Waals surface area (Å²) in [5, 5.41) is 3.80. The van der Waals surface area contributed by atoms with Gasteiger partial charge in [-0.1, -0.05) is 48.5 Å². The van der Waals surface area contributed by atoms with Crippen molar-refractivity contribution in [2.24, 2.45) is 0 Å². The van der Waals surface area contributed by atoms with E-state index in [2.05, 4.69) is 10.3 Å². The van der Waals surface area contributed by atoms with Gasteiger partial charge in [-0.2, -0.15) is 0 Å². The van der Waals surface area contributed by atoms with Gasteiger partial charge in [0.1, 0.15) is 0 Å². The van der Waals surface area contributed by atoms with Gasteiger partial charge in [0.25, 0.3) is 0 Å². The Bertz CT molecular complexity index is 1000. The minimum absolute atomic E-state index is 0.0223. The number of nitrogens with zero attached hydrogens (tertiary/aromatic N) is 1. The number of carbonyl (C=O) groups is 2. The van der Waals surface area contributed by atoms with Crippen LogP contribution in [-0.2, 0) is 4.79 Å². The third-order valence-corrected chi connectivity index (χ3v) is 5.40. The lowest BCUT2D eigenvalue weighted by molar-refractivity contribution is -0.134. The summed E-state index contributed by atoms with van der Waals surface area (Å²) in [5.74, 6) is -0.0159. The Morgan fingerprint density at radius 3 is 2.56 bits per heavy atom. The van der Waals surface area contributed by atoms with Crippen LogP contribution in [0.2, 0.25) is 0 Å². The molecule has 2 heterocycles. The summed E-state index contributed by atoms with van der Waals surface area (Å²) in [4.78, 5) is 31.0. The Labute approximate surface area is 158 Å². The zero-order valence-corrected chi connectivity index (χ0v) is 15.6. The van der Waals surface area contributed by atoms with Crippen LogP contribution in [0.5, 0.6) is 0 Å². The average Bonchev–Trinajstić information content (AvgIpc) is 3.06. The van der Waals surface area contributed by atoms with Crippen LogP contribution in [-0.4, -0.2) is 46.7 Å². The maximum Gasteiger partial charge on any atom is 0.240 e. The smallest absolute Gasteiger partial charge is 0.240 e. The van der Waals surface area contributed by atoms with Crippen molar-refractivity contribution in [3.63, 3.8) is 0 Å². The van der Waals surface area contributed by atoms with Crippen LogP contribution in [0.4, 0.5) is 0 Å². The van der Waals surface area contributed by atoms with E-state index in [1.165, 1.54) is 0 Å². The molecule has 4 rings (SSSR count). The molecule has 1 aliphatic heterocycles. The molecule has 0 aliphatic carbocycles. The van der Waals surface area contributed by atoms with Gasteiger partial charge in [-0.15, -0.1) is 0 Å². The SMILES string of the molecule is CC1(C)C(=O)NCCN1CC(=O)c1c(-c2ccccc2)[nH]c2ccccc12. The van der Waals surface area contributed by atoms with Crippen molar-refractivity contribution >= 4 is 22.6 Å². The van der Waals surface area contributed by atoms with Gasteiger partial charge >= 0.3 is 0 Å². The monoisotopic (exact) mass is 361 g/mol. The van der Waals surface area contributed by atoms with E-state index in [1.807, 2.05) is 73.3 Å². The van der Waals surface area contributed by atoms with Crippen LogP contribution >= 0.6 is 0 Å². The normalized spacial score (nSPS) is 17.0. The second kappa shape index (κ2) is 6.67. The van der Waals surface area contributed by atoms with Crippen molar-refractivity contribution in [1.82, 2.24) is 15.2 Å². The zero-order chi connectivity index (χ0) is 19.0. The lowest BCUT2D eigenvalue weighted by Crippen LogP contribution is -2.62. The van der Waals surface area contributed by atoms with Crippen molar-refractivity contribution in [3.05, 3.63) is 60.2 Å². The number of hydrogen-bond donors (Lipinski definition) is 2. The largest absolute Gasteiger partial charge is 0.354 e. The molecular formula is C22H23N3O2. The summed E-state index contributed by atoms with van der Waals surface area (Å²) in [5.41, 5.74) is 2.75. The molecule has 0 spiro atoms. The number of hydrogen-bond acceptors (Lipinski definition) is 3. The van der Waals surface area contributed by atoms with Crippen molar-refractivity contribution < 1.29 is 9.59 Å². The van der Waals surface area contributed by atoms with Crippen molar-refractivity contribution in [3.8, 4) is 11.3 Å². The van der Waals surface area contributed by atoms with E-state index in [9.17, 15) is 9.59 Å². The molecule has 1 amide bonds. The van der Waals surface area contributed by atoms with E-state index in [-0.39, 0.29) is 18.2 Å². The molecule has 5 nitrogen and oxygen atoms in total. The predicted octanol–water partition coefficient (Wildman–Crippen LogP) is 3.23. The molecule has 1 saturated heterocycles. The molecule has 1 aromatic heterocycles. The third-order valence-electron chi connectivity index (χ3n) is 5.40. The zero-order valence-electron chi connectivity index (χ0n) is 15.6. The Morgan fingerprint density at radius 2 is 1.78 bits per heavy atom. The Hall–Kier alpha value is -2.92. The van der Waals surface area contributed by atoms with Gasteiger partial charge in [0.05, 0.1) is 23.3 Å². The van der Waals surface area contributed by atoms with Crippen molar-refractivity contribution in [2.75, 3.05) is 19.6 Å². The Morgan fingerprint density at radius 1 is 1.07 bits per heavy atom. The maximum atomic E-state index is 13.4. The van der Waals surface area contributed by atoms with Gasteiger partial charge in [0.15, 0.2) is 5.78 Å². The molecule has 2 aromatic carbocycles. The number of benzene rings is 2. The minimum Gasteiger partial charge on any atom is -0.354 e. The molecule has 1 fully saturated rings. The average molecular weight is 361 g/mol. The van der Waals surface area contributed by atoms with Gasteiger partial charge in [-0.3, -0.25) is 14.5 Å². The summed E-state index contributed by atoms with van der Waals surface area (Å²) in [7, 11) is 0. The molecule has 0 radical (unpaired) electrons. The third kappa shape index (κ3) is 3.04. The Kier molecular flexibility index (Phi) is 4.32. The number of Topliss-reactive ketones (excluding diaryl/α,β-unsaturated/α-hetero) is 1. The molecule has 0 atom stereocenters. The number of nitrogens with one attached hydrogen (secondary N) is 2. The van der Waals surface area contributed by atoms with E-state index in [0.717, 1.165) is 22.2 Å². The van der Waals surface area contributed by atoms with Crippen LogP contribution < -0.4 is 5.32 Å². The standard InChI is InChI=1S/C22H23N3O2/c1-22(2)21(27)23-12-13-25(22)14-18(26)19-16-10-6-7-11-17(16)24-20(19)15-8-4-3-5-9-15/h3-11,24H,12-14H2,1-2H3,(H,23,27). The number of para-hydroxylation sites is 1. The first-order valence-corrected chi connectivity index (χ1v) is 9.21. The number of aromatic amines is 1. The second-order valence-corrected chi connectivity index (χ2v) is 7.45. The number of piperazine rings is 1. The van der Waals surface area contributed by atoms with Crippen LogP contribution in [0.25, 0.3) is 22.2 Å². The molecule has 138 valence electrons. The predicted molar refractivity (Wildman–Crippen MR) is 107 cm³/mol. The molecule has 0 saturated carbocycles. The second-order valence-electron chi connectivity index (χ2n) is 7.45. The van der Waals surface area contributed by atoms with Crippen molar-refractivity contribution in [1.29, 1.82) is 0 Å². The molecular weight excluding hydrogens is 338 g/mol. The fraction of sp³-hybridized carbons (Fsp3) is 0.273. The number of rotatable bonds is 4. The summed E-state index contributed by atoms with van der Waals surface area (Å²) >= 11 is 0. The lowest BCUT2D eigenvalue weighted by atomic mass is 9.96. The lowest BCUT2D eigenvalue weighted by Gasteiger charge is -2.40. The maximum absolute atomic E-state index is 13.4. The molecule has 1 aliphatic rings. The van der Waals surface area contributed by atoms with E-state index in [0.29, 0.717) is 18.7 Å². The molecule has 0 unspecified atom stereocenters. The van der Waals surface area contributed by atoms with E-state index >= 15 is 0 Å². The number of carbonyl (C=O) groups excluding carboxylic acids is 2. The number of ketones is 1. The summed E-state index contributed by atoms with van der Waals surface area (Å²) in [6, 6.07) is 17.7. The van der Waals surface area contributed by atoms with Crippen LogP contribution in [0.3, 0.4) is 0 Å². The highest BCUT2D eigenvalue weighted by Gasteiger charge is 2.38. The topological polar surface area (TPSA) is 65.2 Å². The van der Waals surface area contributed by atoms with Crippen LogP contribution in [0.1, 0.15) is 24.2 Å². The number of aromatic nitrogens is 1. The minimum atomic E-state index is -0.701. The van der Waals surface area contributed by atoms with Crippen LogP contribution in [0, 0.1) is 0 Å². The highest BCUT2D eigenvalue weighted by atomic mass is 16.2. The van der Waals surface area contributed by atoms with Gasteiger partial charge in [-0.05, 0) is 25.5 Å². The van der Waals surface area contributed by atoms with Gasteiger partial charge in [0.2, 0.25) is 5.91 Å². The van der Waals surface area contributed by atoms with Crippen molar-refractivity contribution in [2.45, 2.75) is 19.4 Å².